The lowest BCUT2D eigenvalue weighted by Gasteiger charge is -2.28. The number of aromatic nitrogens is 1. The van der Waals surface area contributed by atoms with Crippen molar-refractivity contribution in [3.8, 4) is 0 Å². The monoisotopic (exact) mass is 280 g/mol. The van der Waals surface area contributed by atoms with Crippen molar-refractivity contribution in [3.05, 3.63) is 30.0 Å². The summed E-state index contributed by atoms with van der Waals surface area (Å²) in [4.78, 5) is 17.1. The molecule has 0 aliphatic carbocycles. The molecule has 0 fully saturated rings. The molecule has 5 heteroatoms. The summed E-state index contributed by atoms with van der Waals surface area (Å²) in [5.74, 6) is 0.889. The number of hydrogen-bond donors (Lipinski definition) is 1. The first kappa shape index (κ1) is 15.6. The van der Waals surface area contributed by atoms with Crippen LogP contribution in [0.1, 0.15) is 18.9 Å². The van der Waals surface area contributed by atoms with E-state index in [1.807, 2.05) is 19.2 Å². The maximum absolute atomic E-state index is 10.6. The summed E-state index contributed by atoms with van der Waals surface area (Å²) in [7, 11) is 2.00. The third kappa shape index (κ3) is 4.59. The number of carbonyl (C=O) groups is 1. The van der Waals surface area contributed by atoms with Crippen molar-refractivity contribution in [2.75, 3.05) is 24.0 Å². The average Bonchev–Trinajstić information content (AvgIpc) is 2.42. The van der Waals surface area contributed by atoms with Gasteiger partial charge in [-0.2, -0.15) is 11.8 Å². The highest BCUT2D eigenvalue weighted by Gasteiger charge is 2.15. The van der Waals surface area contributed by atoms with E-state index in [0.29, 0.717) is 6.04 Å². The summed E-state index contributed by atoms with van der Waals surface area (Å²) in [6, 6.07) is 4.08. The molecule has 0 saturated heterocycles. The summed E-state index contributed by atoms with van der Waals surface area (Å²) in [5, 5.41) is 8.72. The molecule has 1 heterocycles. The van der Waals surface area contributed by atoms with E-state index in [1.165, 1.54) is 0 Å². The Bertz CT molecular complexity index is 449. The Kier molecular flexibility index (Phi) is 6.42. The van der Waals surface area contributed by atoms with Crippen molar-refractivity contribution in [1.82, 2.24) is 4.98 Å². The van der Waals surface area contributed by atoms with Gasteiger partial charge in [0.1, 0.15) is 5.82 Å². The molecular weight excluding hydrogens is 260 g/mol. The van der Waals surface area contributed by atoms with Crippen molar-refractivity contribution < 1.29 is 9.90 Å². The smallest absolute Gasteiger partial charge is 0.328 e. The second-order valence-electron chi connectivity index (χ2n) is 4.22. The quantitative estimate of drug-likeness (QED) is 0.778. The largest absolute Gasteiger partial charge is 0.478 e. The molecule has 0 aliphatic heterocycles. The normalized spacial score (nSPS) is 12.6. The fourth-order valence-electron chi connectivity index (χ4n) is 1.86. The number of anilines is 1. The van der Waals surface area contributed by atoms with E-state index in [-0.39, 0.29) is 0 Å². The molecule has 0 saturated carbocycles. The van der Waals surface area contributed by atoms with Crippen molar-refractivity contribution in [3.63, 3.8) is 0 Å². The van der Waals surface area contributed by atoms with Gasteiger partial charge in [0.05, 0.1) is 0 Å². The highest BCUT2D eigenvalue weighted by molar-refractivity contribution is 7.98. The van der Waals surface area contributed by atoms with Gasteiger partial charge in [-0.25, -0.2) is 9.78 Å². The molecule has 1 rings (SSSR count). The van der Waals surface area contributed by atoms with Gasteiger partial charge in [0.25, 0.3) is 0 Å². The van der Waals surface area contributed by atoms with Gasteiger partial charge in [-0.05, 0) is 30.9 Å². The second-order valence-corrected chi connectivity index (χ2v) is 5.13. The van der Waals surface area contributed by atoms with E-state index in [4.69, 9.17) is 5.11 Å². The van der Waals surface area contributed by atoms with E-state index in [0.717, 1.165) is 29.6 Å². The predicted molar refractivity (Wildman–Crippen MR) is 81.8 cm³/mol. The Balaban J connectivity index is 3.01. The first-order valence-corrected chi connectivity index (χ1v) is 7.57. The molecule has 0 aliphatic rings. The molecule has 1 atom stereocenters. The molecule has 0 aromatic carbocycles. The summed E-state index contributed by atoms with van der Waals surface area (Å²) in [6.07, 6.45) is 7.57. The SMILES string of the molecule is CCC(CSC)N(C)c1ncccc1/C=C/C(=O)O. The highest BCUT2D eigenvalue weighted by atomic mass is 32.2. The van der Waals surface area contributed by atoms with Crippen LogP contribution in [-0.4, -0.2) is 41.2 Å². The Morgan fingerprint density at radius 3 is 2.95 bits per heavy atom. The summed E-state index contributed by atoms with van der Waals surface area (Å²) in [5.41, 5.74) is 0.826. The molecule has 0 radical (unpaired) electrons. The molecule has 0 amide bonds. The molecular formula is C14H20N2O2S. The number of carboxylic acid groups (broad SMARTS) is 1. The lowest BCUT2D eigenvalue weighted by molar-refractivity contribution is -0.131. The zero-order chi connectivity index (χ0) is 14.3. The van der Waals surface area contributed by atoms with Crippen LogP contribution in [0.15, 0.2) is 24.4 Å². The number of nitrogens with zero attached hydrogens (tertiary/aromatic N) is 2. The van der Waals surface area contributed by atoms with Crippen LogP contribution in [0, 0.1) is 0 Å². The van der Waals surface area contributed by atoms with Crippen molar-refractivity contribution in [2.24, 2.45) is 0 Å². The minimum Gasteiger partial charge on any atom is -0.478 e. The Labute approximate surface area is 118 Å². The van der Waals surface area contributed by atoms with Crippen LogP contribution in [-0.2, 0) is 4.79 Å². The van der Waals surface area contributed by atoms with Gasteiger partial charge >= 0.3 is 5.97 Å². The second kappa shape index (κ2) is 7.84. The Morgan fingerprint density at radius 1 is 1.63 bits per heavy atom. The first-order chi connectivity index (χ1) is 9.10. The molecule has 104 valence electrons. The Morgan fingerprint density at radius 2 is 2.37 bits per heavy atom. The number of pyridine rings is 1. The third-order valence-corrected chi connectivity index (χ3v) is 3.65. The number of carboxylic acids is 1. The van der Waals surface area contributed by atoms with Gasteiger partial charge in [0.2, 0.25) is 0 Å². The first-order valence-electron chi connectivity index (χ1n) is 6.18. The molecule has 0 bridgehead atoms. The Hall–Kier alpha value is -1.49. The van der Waals surface area contributed by atoms with Crippen LogP contribution in [0.4, 0.5) is 5.82 Å². The van der Waals surface area contributed by atoms with Crippen LogP contribution < -0.4 is 4.90 Å². The van der Waals surface area contributed by atoms with E-state index in [1.54, 1.807) is 24.0 Å². The van der Waals surface area contributed by atoms with Crippen LogP contribution in [0.2, 0.25) is 0 Å². The molecule has 19 heavy (non-hydrogen) atoms. The van der Waals surface area contributed by atoms with E-state index >= 15 is 0 Å². The number of thioether (sulfide) groups is 1. The van der Waals surface area contributed by atoms with Crippen LogP contribution in [0.3, 0.4) is 0 Å². The average molecular weight is 280 g/mol. The predicted octanol–water partition coefficient (Wildman–Crippen LogP) is 2.76. The van der Waals surface area contributed by atoms with Gasteiger partial charge in [-0.3, -0.25) is 0 Å². The summed E-state index contributed by atoms with van der Waals surface area (Å²) >= 11 is 1.80. The molecule has 0 spiro atoms. The maximum atomic E-state index is 10.6. The van der Waals surface area contributed by atoms with Crippen molar-refractivity contribution >= 4 is 29.6 Å². The van der Waals surface area contributed by atoms with Gasteiger partial charge < -0.3 is 10.0 Å². The maximum Gasteiger partial charge on any atom is 0.328 e. The zero-order valence-corrected chi connectivity index (χ0v) is 12.4. The van der Waals surface area contributed by atoms with Gasteiger partial charge in [-0.1, -0.05) is 6.92 Å². The lowest BCUT2D eigenvalue weighted by atomic mass is 10.1. The van der Waals surface area contributed by atoms with Crippen molar-refractivity contribution in [1.29, 1.82) is 0 Å². The molecule has 1 aromatic rings. The standard InChI is InChI=1S/C14H20N2O2S/c1-4-12(10-19-3)16(2)14-11(6-5-9-15-14)7-8-13(17)18/h5-9,12H,4,10H2,1-3H3,(H,17,18)/b8-7+. The van der Waals surface area contributed by atoms with Gasteiger partial charge in [0.15, 0.2) is 0 Å². The van der Waals surface area contributed by atoms with E-state index < -0.39 is 5.97 Å². The van der Waals surface area contributed by atoms with Gasteiger partial charge in [-0.15, -0.1) is 0 Å². The van der Waals surface area contributed by atoms with E-state index in [2.05, 4.69) is 23.1 Å². The van der Waals surface area contributed by atoms with Crippen LogP contribution >= 0.6 is 11.8 Å². The number of aliphatic carboxylic acids is 1. The number of hydrogen-bond acceptors (Lipinski definition) is 4. The zero-order valence-electron chi connectivity index (χ0n) is 11.5. The summed E-state index contributed by atoms with van der Waals surface area (Å²) < 4.78 is 0. The third-order valence-electron chi connectivity index (χ3n) is 2.93. The minimum atomic E-state index is -0.950. The lowest BCUT2D eigenvalue weighted by Crippen LogP contribution is -2.34. The molecule has 1 aromatic heterocycles. The number of rotatable bonds is 7. The topological polar surface area (TPSA) is 53.4 Å². The van der Waals surface area contributed by atoms with Crippen molar-refractivity contribution in [2.45, 2.75) is 19.4 Å². The highest BCUT2D eigenvalue weighted by Crippen LogP contribution is 2.21. The van der Waals surface area contributed by atoms with Gasteiger partial charge in [0, 0.05) is 36.7 Å². The van der Waals surface area contributed by atoms with Crippen LogP contribution in [0.25, 0.3) is 6.08 Å². The van der Waals surface area contributed by atoms with E-state index in [9.17, 15) is 4.79 Å². The molecule has 1 unspecified atom stereocenters. The fraction of sp³-hybridized carbons (Fsp3) is 0.429. The molecule has 1 N–H and O–H groups in total. The molecule has 4 nitrogen and oxygen atoms in total. The fourth-order valence-corrected chi connectivity index (χ4v) is 2.71. The minimum absolute atomic E-state index is 0.391. The summed E-state index contributed by atoms with van der Waals surface area (Å²) in [6.45, 7) is 2.15. The van der Waals surface area contributed by atoms with Crippen LogP contribution in [0.5, 0.6) is 0 Å².